The molecule has 1 aromatic carbocycles. The second kappa shape index (κ2) is 8.28. The van der Waals surface area contributed by atoms with Crippen molar-refractivity contribution in [3.05, 3.63) is 46.6 Å². The third kappa shape index (κ3) is 4.56. The van der Waals surface area contributed by atoms with Gasteiger partial charge < -0.3 is 20.5 Å². The molecule has 0 aliphatic carbocycles. The summed E-state index contributed by atoms with van der Waals surface area (Å²) >= 11 is 6.02. The van der Waals surface area contributed by atoms with Gasteiger partial charge in [0.2, 0.25) is 5.95 Å². The Labute approximate surface area is 146 Å². The molecule has 3 rings (SSSR count). The maximum atomic E-state index is 8.99. The first-order chi connectivity index (χ1) is 11.7. The molecule has 24 heavy (non-hydrogen) atoms. The van der Waals surface area contributed by atoms with E-state index in [2.05, 4.69) is 20.6 Å². The summed E-state index contributed by atoms with van der Waals surface area (Å²) < 4.78 is 5.46. The van der Waals surface area contributed by atoms with Crippen molar-refractivity contribution < 1.29 is 9.84 Å². The highest BCUT2D eigenvalue weighted by atomic mass is 35.5. The standard InChI is InChI=1S/C17H21ClN4O2/c18-14-3-1-2-12(8-14)10-20-16-9-15(13-4-7-24-11-13)21-17(22-16)19-5-6-23/h1-3,8-9,13,23H,4-7,10-11H2,(H2,19,20,21,22)/t13-/m0/s1. The zero-order valence-corrected chi connectivity index (χ0v) is 14.1. The molecular formula is C17H21ClN4O2. The minimum absolute atomic E-state index is 0.0331. The Bertz CT molecular complexity index is 677. The first kappa shape index (κ1) is 17.0. The lowest BCUT2D eigenvalue weighted by Gasteiger charge is -2.13. The van der Waals surface area contributed by atoms with Crippen LogP contribution in [0.25, 0.3) is 0 Å². The van der Waals surface area contributed by atoms with Crippen molar-refractivity contribution in [1.29, 1.82) is 0 Å². The predicted molar refractivity (Wildman–Crippen MR) is 94.6 cm³/mol. The summed E-state index contributed by atoms with van der Waals surface area (Å²) in [5.41, 5.74) is 2.04. The number of nitrogens with one attached hydrogen (secondary N) is 2. The smallest absolute Gasteiger partial charge is 0.224 e. The number of aliphatic hydroxyl groups excluding tert-OH is 1. The molecule has 0 radical (unpaired) electrons. The number of nitrogens with zero attached hydrogens (tertiary/aromatic N) is 2. The summed E-state index contributed by atoms with van der Waals surface area (Å²) in [6, 6.07) is 9.68. The van der Waals surface area contributed by atoms with Crippen LogP contribution in [0.5, 0.6) is 0 Å². The number of benzene rings is 1. The molecule has 0 bridgehead atoms. The van der Waals surface area contributed by atoms with Crippen LogP contribution in [0.4, 0.5) is 11.8 Å². The summed E-state index contributed by atoms with van der Waals surface area (Å²) in [6.45, 7) is 2.52. The number of anilines is 2. The third-order valence-corrected chi connectivity index (χ3v) is 4.09. The fraction of sp³-hybridized carbons (Fsp3) is 0.412. The topological polar surface area (TPSA) is 79.3 Å². The molecule has 1 saturated heterocycles. The van der Waals surface area contributed by atoms with Crippen LogP contribution in [0, 0.1) is 0 Å². The van der Waals surface area contributed by atoms with Gasteiger partial charge in [-0.1, -0.05) is 23.7 Å². The number of aliphatic hydroxyl groups is 1. The molecule has 1 aliphatic heterocycles. The lowest BCUT2D eigenvalue weighted by molar-refractivity contribution is 0.193. The first-order valence-electron chi connectivity index (χ1n) is 8.04. The normalized spacial score (nSPS) is 17.0. The zero-order chi connectivity index (χ0) is 16.8. The Morgan fingerprint density at radius 3 is 2.92 bits per heavy atom. The lowest BCUT2D eigenvalue weighted by atomic mass is 10.0. The molecule has 1 fully saturated rings. The molecular weight excluding hydrogens is 328 g/mol. The average Bonchev–Trinajstić information content (AvgIpc) is 3.13. The highest BCUT2D eigenvalue weighted by molar-refractivity contribution is 6.30. The van der Waals surface area contributed by atoms with Crippen molar-refractivity contribution in [2.24, 2.45) is 0 Å². The molecule has 128 valence electrons. The van der Waals surface area contributed by atoms with Crippen molar-refractivity contribution in [3.63, 3.8) is 0 Å². The van der Waals surface area contributed by atoms with Gasteiger partial charge in [0.15, 0.2) is 0 Å². The SMILES string of the molecule is OCCNc1nc(NCc2cccc(Cl)c2)cc([C@H]2CCOC2)n1. The first-order valence-corrected chi connectivity index (χ1v) is 8.42. The van der Waals surface area contributed by atoms with Gasteiger partial charge in [0.1, 0.15) is 5.82 Å². The maximum Gasteiger partial charge on any atom is 0.224 e. The summed E-state index contributed by atoms with van der Waals surface area (Å²) in [6.07, 6.45) is 0.962. The van der Waals surface area contributed by atoms with Crippen LogP contribution < -0.4 is 10.6 Å². The van der Waals surface area contributed by atoms with Crippen LogP contribution in [0.15, 0.2) is 30.3 Å². The molecule has 0 amide bonds. The zero-order valence-electron chi connectivity index (χ0n) is 13.3. The van der Waals surface area contributed by atoms with Gasteiger partial charge in [-0.15, -0.1) is 0 Å². The van der Waals surface area contributed by atoms with Crippen molar-refractivity contribution in [3.8, 4) is 0 Å². The van der Waals surface area contributed by atoms with E-state index in [1.54, 1.807) is 0 Å². The van der Waals surface area contributed by atoms with Crippen molar-refractivity contribution in [1.82, 2.24) is 9.97 Å². The quantitative estimate of drug-likeness (QED) is 0.714. The van der Waals surface area contributed by atoms with E-state index in [9.17, 15) is 0 Å². The van der Waals surface area contributed by atoms with Crippen LogP contribution in [-0.2, 0) is 11.3 Å². The molecule has 7 heteroatoms. The molecule has 2 heterocycles. The number of hydrogen-bond donors (Lipinski definition) is 3. The minimum atomic E-state index is 0.0331. The maximum absolute atomic E-state index is 8.99. The predicted octanol–water partition coefficient (Wildman–Crippen LogP) is 2.65. The summed E-state index contributed by atoms with van der Waals surface area (Å²) in [4.78, 5) is 9.01. The van der Waals surface area contributed by atoms with Crippen LogP contribution >= 0.6 is 11.6 Å². The van der Waals surface area contributed by atoms with Gasteiger partial charge in [-0.25, -0.2) is 4.98 Å². The van der Waals surface area contributed by atoms with E-state index >= 15 is 0 Å². The van der Waals surface area contributed by atoms with Gasteiger partial charge in [-0.3, -0.25) is 0 Å². The Morgan fingerprint density at radius 1 is 1.25 bits per heavy atom. The van der Waals surface area contributed by atoms with Crippen LogP contribution in [0.2, 0.25) is 5.02 Å². The van der Waals surface area contributed by atoms with Crippen molar-refractivity contribution in [2.45, 2.75) is 18.9 Å². The molecule has 0 spiro atoms. The van der Waals surface area contributed by atoms with E-state index < -0.39 is 0 Å². The second-order valence-corrected chi connectivity index (χ2v) is 6.13. The molecule has 3 N–H and O–H groups in total. The van der Waals surface area contributed by atoms with E-state index in [4.69, 9.17) is 21.4 Å². The lowest BCUT2D eigenvalue weighted by Crippen LogP contribution is -2.13. The van der Waals surface area contributed by atoms with E-state index in [-0.39, 0.29) is 12.5 Å². The number of ether oxygens (including phenoxy) is 1. The van der Waals surface area contributed by atoms with Gasteiger partial charge >= 0.3 is 0 Å². The summed E-state index contributed by atoms with van der Waals surface area (Å²) in [5, 5.41) is 16.1. The summed E-state index contributed by atoms with van der Waals surface area (Å²) in [7, 11) is 0. The van der Waals surface area contributed by atoms with E-state index in [0.29, 0.717) is 30.7 Å². The highest BCUT2D eigenvalue weighted by Crippen LogP contribution is 2.26. The van der Waals surface area contributed by atoms with E-state index in [1.165, 1.54) is 0 Å². The second-order valence-electron chi connectivity index (χ2n) is 5.70. The van der Waals surface area contributed by atoms with Crippen LogP contribution in [-0.4, -0.2) is 41.4 Å². The van der Waals surface area contributed by atoms with E-state index in [1.807, 2.05) is 30.3 Å². The van der Waals surface area contributed by atoms with Gasteiger partial charge in [-0.2, -0.15) is 4.98 Å². The van der Waals surface area contributed by atoms with Crippen LogP contribution in [0.3, 0.4) is 0 Å². The number of rotatable bonds is 7. The third-order valence-electron chi connectivity index (χ3n) is 3.85. The van der Waals surface area contributed by atoms with E-state index in [0.717, 1.165) is 30.1 Å². The summed E-state index contributed by atoms with van der Waals surface area (Å²) in [5.74, 6) is 1.55. The van der Waals surface area contributed by atoms with Gasteiger partial charge in [-0.05, 0) is 24.1 Å². The molecule has 0 unspecified atom stereocenters. The fourth-order valence-electron chi connectivity index (χ4n) is 2.62. The number of hydrogen-bond acceptors (Lipinski definition) is 6. The number of halogens is 1. The highest BCUT2D eigenvalue weighted by Gasteiger charge is 2.20. The van der Waals surface area contributed by atoms with Gasteiger partial charge in [0.05, 0.1) is 18.9 Å². The average molecular weight is 349 g/mol. The van der Waals surface area contributed by atoms with Gasteiger partial charge in [0, 0.05) is 36.7 Å². The molecule has 6 nitrogen and oxygen atoms in total. The molecule has 1 aliphatic rings. The van der Waals surface area contributed by atoms with Gasteiger partial charge in [0.25, 0.3) is 0 Å². The fourth-order valence-corrected chi connectivity index (χ4v) is 2.83. The largest absolute Gasteiger partial charge is 0.395 e. The Kier molecular flexibility index (Phi) is 5.85. The monoisotopic (exact) mass is 348 g/mol. The van der Waals surface area contributed by atoms with Crippen molar-refractivity contribution >= 4 is 23.4 Å². The molecule has 0 saturated carbocycles. The minimum Gasteiger partial charge on any atom is -0.395 e. The number of aromatic nitrogens is 2. The Balaban J connectivity index is 1.75. The molecule has 1 atom stereocenters. The molecule has 2 aromatic rings. The molecule has 1 aromatic heterocycles. The Hall–Kier alpha value is -1.89. The Morgan fingerprint density at radius 2 is 2.17 bits per heavy atom. The van der Waals surface area contributed by atoms with Crippen LogP contribution in [0.1, 0.15) is 23.6 Å². The van der Waals surface area contributed by atoms with Crippen molar-refractivity contribution in [2.75, 3.05) is 37.0 Å².